The number of aryl methyl sites for hydroxylation is 1. The lowest BCUT2D eigenvalue weighted by atomic mass is 10.1. The van der Waals surface area contributed by atoms with Crippen LogP contribution < -0.4 is 0 Å². The first-order chi connectivity index (χ1) is 8.91. The van der Waals surface area contributed by atoms with Crippen LogP contribution in [0.25, 0.3) is 0 Å². The molecule has 1 aromatic carbocycles. The number of sulfonamides is 1. The van der Waals surface area contributed by atoms with Gasteiger partial charge in [-0.1, -0.05) is 18.2 Å². The minimum atomic E-state index is -3.50. The number of hydrogen-bond acceptors (Lipinski definition) is 3. The van der Waals surface area contributed by atoms with Crippen LogP contribution in [0.3, 0.4) is 0 Å². The zero-order chi connectivity index (χ0) is 14.0. The molecule has 1 heterocycles. The van der Waals surface area contributed by atoms with Gasteiger partial charge in [-0.25, -0.2) is 8.42 Å². The van der Waals surface area contributed by atoms with Crippen LogP contribution in [0.4, 0.5) is 0 Å². The predicted octanol–water partition coefficient (Wildman–Crippen LogP) is 1.48. The molecule has 19 heavy (non-hydrogen) atoms. The van der Waals surface area contributed by atoms with Gasteiger partial charge in [0.1, 0.15) is 0 Å². The van der Waals surface area contributed by atoms with E-state index in [9.17, 15) is 13.2 Å². The molecule has 0 spiro atoms. The minimum absolute atomic E-state index is 0.0276. The van der Waals surface area contributed by atoms with Crippen LogP contribution in [0.15, 0.2) is 29.2 Å². The second-order valence-electron chi connectivity index (χ2n) is 4.88. The summed E-state index contributed by atoms with van der Waals surface area (Å²) in [6.45, 7) is 2.45. The average Bonchev–Trinajstić information content (AvgIpc) is 2.77. The van der Waals surface area contributed by atoms with Gasteiger partial charge in [0.25, 0.3) is 0 Å². The van der Waals surface area contributed by atoms with E-state index in [2.05, 4.69) is 0 Å². The first kappa shape index (κ1) is 14.0. The molecule has 1 atom stereocenters. The smallest absolute Gasteiger partial charge is 0.303 e. The monoisotopic (exact) mass is 283 g/mol. The van der Waals surface area contributed by atoms with Gasteiger partial charge in [-0.15, -0.1) is 0 Å². The second-order valence-corrected chi connectivity index (χ2v) is 6.79. The van der Waals surface area contributed by atoms with Crippen molar-refractivity contribution in [1.82, 2.24) is 4.31 Å². The number of carboxylic acids is 1. The molecule has 1 fully saturated rings. The molecular weight excluding hydrogens is 266 g/mol. The fourth-order valence-electron chi connectivity index (χ4n) is 2.41. The molecule has 1 aromatic rings. The van der Waals surface area contributed by atoms with Gasteiger partial charge in [0, 0.05) is 19.5 Å². The highest BCUT2D eigenvalue weighted by atomic mass is 32.2. The summed E-state index contributed by atoms with van der Waals surface area (Å²) in [5.74, 6) is -0.962. The van der Waals surface area contributed by atoms with Crippen molar-refractivity contribution >= 4 is 16.0 Å². The summed E-state index contributed by atoms with van der Waals surface area (Å²) in [5, 5.41) is 8.76. The lowest BCUT2D eigenvalue weighted by molar-refractivity contribution is -0.137. The third-order valence-electron chi connectivity index (χ3n) is 3.42. The Morgan fingerprint density at radius 1 is 1.42 bits per heavy atom. The Bertz CT molecular complexity index is 582. The van der Waals surface area contributed by atoms with E-state index in [0.29, 0.717) is 30.0 Å². The van der Waals surface area contributed by atoms with Crippen molar-refractivity contribution in [2.45, 2.75) is 24.7 Å². The number of aliphatic carboxylic acids is 1. The topological polar surface area (TPSA) is 74.7 Å². The van der Waals surface area contributed by atoms with Crippen LogP contribution in [0.2, 0.25) is 0 Å². The van der Waals surface area contributed by atoms with E-state index >= 15 is 0 Å². The molecule has 1 aliphatic rings. The third kappa shape index (κ3) is 2.96. The molecule has 1 unspecified atom stereocenters. The molecule has 6 heteroatoms. The van der Waals surface area contributed by atoms with Crippen molar-refractivity contribution in [3.63, 3.8) is 0 Å². The lowest BCUT2D eigenvalue weighted by Gasteiger charge is -2.17. The maximum Gasteiger partial charge on any atom is 0.303 e. The normalized spacial score (nSPS) is 20.6. The van der Waals surface area contributed by atoms with E-state index < -0.39 is 16.0 Å². The molecule has 1 saturated heterocycles. The molecule has 1 aliphatic heterocycles. The van der Waals surface area contributed by atoms with Gasteiger partial charge in [-0.2, -0.15) is 4.31 Å². The molecule has 0 radical (unpaired) electrons. The van der Waals surface area contributed by atoms with Gasteiger partial charge in [0.15, 0.2) is 0 Å². The summed E-state index contributed by atoms with van der Waals surface area (Å²) in [5.41, 5.74) is 0.712. The second kappa shape index (κ2) is 5.30. The van der Waals surface area contributed by atoms with Crippen molar-refractivity contribution in [1.29, 1.82) is 0 Å². The Hall–Kier alpha value is -1.40. The van der Waals surface area contributed by atoms with Crippen molar-refractivity contribution in [2.24, 2.45) is 5.92 Å². The SMILES string of the molecule is Cc1ccccc1S(=O)(=O)N1CCC(CC(=O)O)C1. The van der Waals surface area contributed by atoms with Gasteiger partial charge in [-0.3, -0.25) is 4.79 Å². The molecule has 0 amide bonds. The van der Waals surface area contributed by atoms with Crippen molar-refractivity contribution in [3.05, 3.63) is 29.8 Å². The van der Waals surface area contributed by atoms with Crippen LogP contribution in [0, 0.1) is 12.8 Å². The van der Waals surface area contributed by atoms with Gasteiger partial charge in [0.05, 0.1) is 4.90 Å². The van der Waals surface area contributed by atoms with Crippen molar-refractivity contribution < 1.29 is 18.3 Å². The summed E-state index contributed by atoms with van der Waals surface area (Å²) in [7, 11) is -3.50. The number of benzene rings is 1. The largest absolute Gasteiger partial charge is 0.481 e. The fraction of sp³-hybridized carbons (Fsp3) is 0.462. The van der Waals surface area contributed by atoms with Gasteiger partial charge in [-0.05, 0) is 30.9 Å². The van der Waals surface area contributed by atoms with Crippen LogP contribution in [-0.4, -0.2) is 36.9 Å². The molecule has 0 aromatic heterocycles. The Kier molecular flexibility index (Phi) is 3.91. The van der Waals surface area contributed by atoms with E-state index in [1.54, 1.807) is 31.2 Å². The molecular formula is C13H17NO4S. The summed E-state index contributed by atoms with van der Waals surface area (Å²) in [4.78, 5) is 11.0. The Morgan fingerprint density at radius 2 is 2.11 bits per heavy atom. The molecule has 0 bridgehead atoms. The first-order valence-corrected chi connectivity index (χ1v) is 7.63. The molecule has 5 nitrogen and oxygen atoms in total. The highest BCUT2D eigenvalue weighted by Gasteiger charge is 2.33. The molecule has 0 aliphatic carbocycles. The van der Waals surface area contributed by atoms with E-state index in [1.165, 1.54) is 4.31 Å². The zero-order valence-corrected chi connectivity index (χ0v) is 11.6. The Morgan fingerprint density at radius 3 is 2.74 bits per heavy atom. The molecule has 1 N–H and O–H groups in total. The van der Waals surface area contributed by atoms with Crippen LogP contribution in [0.1, 0.15) is 18.4 Å². The molecule has 104 valence electrons. The van der Waals surface area contributed by atoms with Crippen LogP contribution in [-0.2, 0) is 14.8 Å². The van der Waals surface area contributed by atoms with Gasteiger partial charge in [0.2, 0.25) is 10.0 Å². The van der Waals surface area contributed by atoms with Gasteiger partial charge >= 0.3 is 5.97 Å². The summed E-state index contributed by atoms with van der Waals surface area (Å²) < 4.78 is 26.3. The Balaban J connectivity index is 2.19. The third-order valence-corrected chi connectivity index (χ3v) is 5.45. The Labute approximate surface area is 112 Å². The number of rotatable bonds is 4. The highest BCUT2D eigenvalue weighted by Crippen LogP contribution is 2.27. The average molecular weight is 283 g/mol. The zero-order valence-electron chi connectivity index (χ0n) is 10.7. The molecule has 0 saturated carbocycles. The van der Waals surface area contributed by atoms with Crippen molar-refractivity contribution in [2.75, 3.05) is 13.1 Å². The number of carbonyl (C=O) groups is 1. The number of carboxylic acid groups (broad SMARTS) is 1. The molecule has 2 rings (SSSR count). The van der Waals surface area contributed by atoms with Crippen molar-refractivity contribution in [3.8, 4) is 0 Å². The minimum Gasteiger partial charge on any atom is -0.481 e. The van der Waals surface area contributed by atoms with E-state index in [0.717, 1.165) is 0 Å². The fourth-order valence-corrected chi connectivity index (χ4v) is 4.17. The van der Waals surface area contributed by atoms with E-state index in [1.807, 2.05) is 0 Å². The van der Waals surface area contributed by atoms with E-state index in [4.69, 9.17) is 5.11 Å². The number of hydrogen-bond donors (Lipinski definition) is 1. The maximum absolute atomic E-state index is 12.5. The maximum atomic E-state index is 12.5. The highest BCUT2D eigenvalue weighted by molar-refractivity contribution is 7.89. The summed E-state index contributed by atoms with van der Waals surface area (Å²) in [6.07, 6.45) is 0.636. The first-order valence-electron chi connectivity index (χ1n) is 6.19. The van der Waals surface area contributed by atoms with Crippen LogP contribution in [0.5, 0.6) is 0 Å². The summed E-state index contributed by atoms with van der Waals surface area (Å²) in [6, 6.07) is 6.85. The quantitative estimate of drug-likeness (QED) is 0.908. The van der Waals surface area contributed by atoms with Gasteiger partial charge < -0.3 is 5.11 Å². The predicted molar refractivity (Wildman–Crippen MR) is 70.3 cm³/mol. The standard InChI is InChI=1S/C13H17NO4S/c1-10-4-2-3-5-12(10)19(17,18)14-7-6-11(9-14)8-13(15)16/h2-5,11H,6-9H2,1H3,(H,15,16). The van der Waals surface area contributed by atoms with Crippen LogP contribution >= 0.6 is 0 Å². The number of nitrogens with zero attached hydrogens (tertiary/aromatic N) is 1. The summed E-state index contributed by atoms with van der Waals surface area (Å²) >= 11 is 0. The van der Waals surface area contributed by atoms with E-state index in [-0.39, 0.29) is 12.3 Å². The lowest BCUT2D eigenvalue weighted by Crippen LogP contribution is -2.29.